The smallest absolute Gasteiger partial charge is 0.133 e. The largest absolute Gasteiger partial charge is 0.300 e. The number of Topliss-reactive ketones (excluding diaryl/α,β-unsaturated/α-hetero) is 1. The highest BCUT2D eigenvalue weighted by atomic mass is 16.1. The summed E-state index contributed by atoms with van der Waals surface area (Å²) < 4.78 is 0. The number of aryl methyl sites for hydroxylation is 1. The monoisotopic (exact) mass is 230 g/mol. The Morgan fingerprint density at radius 3 is 2.53 bits per heavy atom. The number of carbonyl (C=O) groups excluding carboxylic acids is 1. The Kier molecular flexibility index (Phi) is 4.36. The van der Waals surface area contributed by atoms with E-state index in [1.807, 2.05) is 0 Å². The molecule has 1 aromatic carbocycles. The molecule has 2 rings (SSSR count). The Balaban J connectivity index is 1.96. The molecule has 1 heteroatoms. The highest BCUT2D eigenvalue weighted by molar-refractivity contribution is 5.78. The van der Waals surface area contributed by atoms with E-state index < -0.39 is 0 Å². The van der Waals surface area contributed by atoms with Crippen molar-refractivity contribution in [3.63, 3.8) is 0 Å². The summed E-state index contributed by atoms with van der Waals surface area (Å²) in [6.45, 7) is 2.18. The molecule has 0 spiro atoms. The molecule has 0 heterocycles. The molecule has 92 valence electrons. The van der Waals surface area contributed by atoms with E-state index in [1.165, 1.54) is 24.0 Å². The van der Waals surface area contributed by atoms with Crippen molar-refractivity contribution in [3.05, 3.63) is 35.4 Å². The summed E-state index contributed by atoms with van der Waals surface area (Å²) in [5.41, 5.74) is 2.78. The standard InChI is InChI=1S/C16H22O/c1-2-13-7-9-14(10-8-13)11-15-5-3-4-6-16(17)12-15/h7-10,15H,2-6,11-12H2,1H3. The van der Waals surface area contributed by atoms with Gasteiger partial charge in [0.05, 0.1) is 0 Å². The highest BCUT2D eigenvalue weighted by Gasteiger charge is 2.17. The summed E-state index contributed by atoms with van der Waals surface area (Å²) in [6, 6.07) is 8.89. The number of benzene rings is 1. The van der Waals surface area contributed by atoms with E-state index in [9.17, 15) is 4.79 Å². The van der Waals surface area contributed by atoms with Gasteiger partial charge in [-0.05, 0) is 42.7 Å². The molecule has 1 unspecified atom stereocenters. The van der Waals surface area contributed by atoms with Crippen LogP contribution in [0.15, 0.2) is 24.3 Å². The van der Waals surface area contributed by atoms with E-state index in [1.54, 1.807) is 0 Å². The van der Waals surface area contributed by atoms with Crippen LogP contribution in [-0.4, -0.2) is 5.78 Å². The van der Waals surface area contributed by atoms with Crippen LogP contribution in [0.25, 0.3) is 0 Å². The summed E-state index contributed by atoms with van der Waals surface area (Å²) in [6.07, 6.45) is 7.34. The van der Waals surface area contributed by atoms with Crippen molar-refractivity contribution in [2.45, 2.75) is 51.9 Å². The number of hydrogen-bond donors (Lipinski definition) is 0. The Labute approximate surface area is 104 Å². The molecular formula is C16H22O. The van der Waals surface area contributed by atoms with Crippen LogP contribution in [0, 0.1) is 5.92 Å². The Morgan fingerprint density at radius 2 is 1.82 bits per heavy atom. The van der Waals surface area contributed by atoms with Gasteiger partial charge >= 0.3 is 0 Å². The highest BCUT2D eigenvalue weighted by Crippen LogP contribution is 2.24. The van der Waals surface area contributed by atoms with Gasteiger partial charge in [-0.15, -0.1) is 0 Å². The van der Waals surface area contributed by atoms with Crippen LogP contribution in [-0.2, 0) is 17.6 Å². The summed E-state index contributed by atoms with van der Waals surface area (Å²) >= 11 is 0. The van der Waals surface area contributed by atoms with Crippen LogP contribution < -0.4 is 0 Å². The predicted octanol–water partition coefficient (Wildman–Crippen LogP) is 3.94. The third-order valence-electron chi connectivity index (χ3n) is 3.79. The minimum absolute atomic E-state index is 0.470. The second-order valence-corrected chi connectivity index (χ2v) is 5.23. The van der Waals surface area contributed by atoms with Crippen LogP contribution in [0.2, 0.25) is 0 Å². The lowest BCUT2D eigenvalue weighted by atomic mass is 9.92. The SMILES string of the molecule is CCc1ccc(CC2CCCCC(=O)C2)cc1. The van der Waals surface area contributed by atoms with Crippen molar-refractivity contribution in [3.8, 4) is 0 Å². The predicted molar refractivity (Wildman–Crippen MR) is 71.1 cm³/mol. The molecule has 1 atom stereocenters. The number of rotatable bonds is 3. The van der Waals surface area contributed by atoms with Gasteiger partial charge in [0.15, 0.2) is 0 Å². The minimum atomic E-state index is 0.470. The van der Waals surface area contributed by atoms with Crippen LogP contribution in [0.1, 0.15) is 50.2 Å². The zero-order chi connectivity index (χ0) is 12.1. The molecule has 17 heavy (non-hydrogen) atoms. The first-order valence-corrected chi connectivity index (χ1v) is 6.87. The van der Waals surface area contributed by atoms with Crippen LogP contribution in [0.4, 0.5) is 0 Å². The van der Waals surface area contributed by atoms with Crippen molar-refractivity contribution >= 4 is 5.78 Å². The molecule has 0 radical (unpaired) electrons. The number of hydrogen-bond acceptors (Lipinski definition) is 1. The summed E-state index contributed by atoms with van der Waals surface area (Å²) in [4.78, 5) is 11.6. The van der Waals surface area contributed by atoms with E-state index in [4.69, 9.17) is 0 Å². The summed E-state index contributed by atoms with van der Waals surface area (Å²) in [5, 5.41) is 0. The normalized spacial score (nSPS) is 21.2. The lowest BCUT2D eigenvalue weighted by molar-refractivity contribution is -0.119. The van der Waals surface area contributed by atoms with Crippen molar-refractivity contribution in [1.82, 2.24) is 0 Å². The molecular weight excluding hydrogens is 208 g/mol. The average molecular weight is 230 g/mol. The fraction of sp³-hybridized carbons (Fsp3) is 0.562. The quantitative estimate of drug-likeness (QED) is 0.719. The van der Waals surface area contributed by atoms with Gasteiger partial charge in [0.25, 0.3) is 0 Å². The molecule has 0 aliphatic heterocycles. The van der Waals surface area contributed by atoms with E-state index in [2.05, 4.69) is 31.2 Å². The number of ketones is 1. The molecule has 0 saturated heterocycles. The third kappa shape index (κ3) is 3.69. The van der Waals surface area contributed by atoms with Crippen molar-refractivity contribution in [1.29, 1.82) is 0 Å². The van der Waals surface area contributed by atoms with E-state index in [0.29, 0.717) is 11.7 Å². The molecule has 1 fully saturated rings. The van der Waals surface area contributed by atoms with Gasteiger partial charge in [-0.1, -0.05) is 37.6 Å². The average Bonchev–Trinajstić information content (AvgIpc) is 2.55. The van der Waals surface area contributed by atoms with Gasteiger partial charge in [-0.3, -0.25) is 4.79 Å². The molecule has 1 aliphatic carbocycles. The fourth-order valence-corrected chi connectivity index (χ4v) is 2.70. The minimum Gasteiger partial charge on any atom is -0.300 e. The maximum absolute atomic E-state index is 11.6. The topological polar surface area (TPSA) is 17.1 Å². The van der Waals surface area contributed by atoms with Crippen LogP contribution >= 0.6 is 0 Å². The third-order valence-corrected chi connectivity index (χ3v) is 3.79. The van der Waals surface area contributed by atoms with Crippen LogP contribution in [0.5, 0.6) is 0 Å². The zero-order valence-electron chi connectivity index (χ0n) is 10.7. The maximum atomic E-state index is 11.6. The molecule has 1 aromatic rings. The Morgan fingerprint density at radius 1 is 1.12 bits per heavy atom. The molecule has 1 aliphatic rings. The molecule has 1 saturated carbocycles. The van der Waals surface area contributed by atoms with Crippen LogP contribution in [0.3, 0.4) is 0 Å². The fourth-order valence-electron chi connectivity index (χ4n) is 2.70. The molecule has 0 N–H and O–H groups in total. The van der Waals surface area contributed by atoms with E-state index in [-0.39, 0.29) is 0 Å². The Hall–Kier alpha value is -1.11. The lowest BCUT2D eigenvalue weighted by Crippen LogP contribution is -2.08. The second-order valence-electron chi connectivity index (χ2n) is 5.23. The molecule has 0 aromatic heterocycles. The molecule has 0 bridgehead atoms. The van der Waals surface area contributed by atoms with Gasteiger partial charge in [0.1, 0.15) is 5.78 Å². The second kappa shape index (κ2) is 6.00. The lowest BCUT2D eigenvalue weighted by Gasteiger charge is -2.13. The van der Waals surface area contributed by atoms with Crippen molar-refractivity contribution in [2.24, 2.45) is 5.92 Å². The first-order chi connectivity index (χ1) is 8.28. The summed E-state index contributed by atoms with van der Waals surface area (Å²) in [7, 11) is 0. The molecule has 1 nitrogen and oxygen atoms in total. The zero-order valence-corrected chi connectivity index (χ0v) is 10.7. The maximum Gasteiger partial charge on any atom is 0.133 e. The summed E-state index contributed by atoms with van der Waals surface area (Å²) in [5.74, 6) is 1.05. The van der Waals surface area contributed by atoms with Gasteiger partial charge < -0.3 is 0 Å². The first kappa shape index (κ1) is 12.3. The first-order valence-electron chi connectivity index (χ1n) is 6.87. The van der Waals surface area contributed by atoms with Gasteiger partial charge in [-0.2, -0.15) is 0 Å². The van der Waals surface area contributed by atoms with E-state index >= 15 is 0 Å². The van der Waals surface area contributed by atoms with Crippen molar-refractivity contribution in [2.75, 3.05) is 0 Å². The van der Waals surface area contributed by atoms with Gasteiger partial charge in [0, 0.05) is 12.8 Å². The Bertz CT molecular complexity index is 364. The van der Waals surface area contributed by atoms with Crippen molar-refractivity contribution < 1.29 is 4.79 Å². The number of carbonyl (C=O) groups is 1. The molecule has 0 amide bonds. The van der Waals surface area contributed by atoms with Gasteiger partial charge in [0.2, 0.25) is 0 Å². The van der Waals surface area contributed by atoms with Gasteiger partial charge in [-0.25, -0.2) is 0 Å². The van der Waals surface area contributed by atoms with E-state index in [0.717, 1.165) is 32.1 Å².